The number of nitrogens with two attached hydrogens (primary N) is 1. The van der Waals surface area contributed by atoms with Crippen molar-refractivity contribution >= 4 is 45.6 Å². The van der Waals surface area contributed by atoms with Gasteiger partial charge in [-0.05, 0) is 31.6 Å². The summed E-state index contributed by atoms with van der Waals surface area (Å²) in [6.45, 7) is 3.94. The van der Waals surface area contributed by atoms with Crippen LogP contribution in [0.5, 0.6) is 0 Å². The monoisotopic (exact) mass is 464 g/mol. The van der Waals surface area contributed by atoms with Crippen LogP contribution in [0.1, 0.15) is 37.3 Å². The Balaban J connectivity index is 1.83. The summed E-state index contributed by atoms with van der Waals surface area (Å²) in [5, 5.41) is 22.1. The largest absolute Gasteiger partial charge is 0.384 e. The Hall–Kier alpha value is -3.16. The number of hydrogen-bond acceptors (Lipinski definition) is 9. The molecule has 32 heavy (non-hydrogen) atoms. The highest BCUT2D eigenvalue weighted by Gasteiger charge is 2.60. The van der Waals surface area contributed by atoms with E-state index in [2.05, 4.69) is 21.6 Å². The van der Waals surface area contributed by atoms with Gasteiger partial charge < -0.3 is 11.1 Å². The molecule has 0 bridgehead atoms. The minimum atomic E-state index is -1.55. The molecule has 1 aromatic carbocycles. The van der Waals surface area contributed by atoms with Gasteiger partial charge in [0.05, 0.1) is 5.57 Å². The summed E-state index contributed by atoms with van der Waals surface area (Å²) in [6.07, 6.45) is 1.50. The Morgan fingerprint density at radius 2 is 2.16 bits per heavy atom. The van der Waals surface area contributed by atoms with E-state index in [1.54, 1.807) is 22.7 Å². The predicted molar refractivity (Wildman–Crippen MR) is 123 cm³/mol. The van der Waals surface area contributed by atoms with Crippen molar-refractivity contribution < 1.29 is 9.59 Å². The van der Waals surface area contributed by atoms with Gasteiger partial charge >= 0.3 is 0 Å². The summed E-state index contributed by atoms with van der Waals surface area (Å²) in [5.74, 6) is 0.401. The smallest absolute Gasteiger partial charge is 0.245 e. The number of hydrogen-bond donors (Lipinski definition) is 2. The lowest BCUT2D eigenvalue weighted by atomic mass is 9.64. The molecule has 5 rings (SSSR count). The van der Waals surface area contributed by atoms with Gasteiger partial charge in [-0.1, -0.05) is 47.7 Å². The van der Waals surface area contributed by atoms with E-state index < -0.39 is 11.3 Å². The summed E-state index contributed by atoms with van der Waals surface area (Å²) in [7, 11) is 0. The van der Waals surface area contributed by atoms with Gasteiger partial charge in [0.1, 0.15) is 17.3 Å². The topological polar surface area (TPSA) is 125 Å². The molecule has 8 nitrogen and oxygen atoms in total. The van der Waals surface area contributed by atoms with Crippen LogP contribution in [0.15, 0.2) is 45.2 Å². The van der Waals surface area contributed by atoms with E-state index in [1.807, 2.05) is 26.0 Å². The third-order valence-corrected chi connectivity index (χ3v) is 7.96. The second-order valence-corrected chi connectivity index (χ2v) is 10.3. The van der Waals surface area contributed by atoms with Crippen LogP contribution in [-0.4, -0.2) is 27.6 Å². The maximum atomic E-state index is 13.6. The Labute approximate surface area is 193 Å². The number of benzene rings is 1. The first kappa shape index (κ1) is 20.7. The van der Waals surface area contributed by atoms with Gasteiger partial charge in [-0.25, -0.2) is 0 Å². The van der Waals surface area contributed by atoms with Crippen LogP contribution in [0.25, 0.3) is 0 Å². The highest BCUT2D eigenvalue weighted by Crippen LogP contribution is 2.55. The van der Waals surface area contributed by atoms with Crippen LogP contribution in [0.3, 0.4) is 0 Å². The normalized spacial score (nSPS) is 22.2. The number of carbonyl (C=O) groups is 2. The van der Waals surface area contributed by atoms with Crippen molar-refractivity contribution in [2.45, 2.75) is 42.9 Å². The molecular weight excluding hydrogens is 444 g/mol. The summed E-state index contributed by atoms with van der Waals surface area (Å²) < 4.78 is 0.776. The number of aryl methyl sites for hydroxylation is 1. The molecule has 1 amide bonds. The lowest BCUT2D eigenvalue weighted by Gasteiger charge is -2.42. The first-order valence-electron chi connectivity index (χ1n) is 10.3. The fourth-order valence-electron chi connectivity index (χ4n) is 4.80. The number of Topliss-reactive ketones (excluding diaryl/α,β-unsaturated/α-hetero) is 1. The van der Waals surface area contributed by atoms with Crippen LogP contribution in [0.2, 0.25) is 0 Å². The van der Waals surface area contributed by atoms with Gasteiger partial charge in [0.15, 0.2) is 10.1 Å². The summed E-state index contributed by atoms with van der Waals surface area (Å²) >= 11 is 2.91. The van der Waals surface area contributed by atoms with E-state index in [9.17, 15) is 14.9 Å². The number of nitriles is 1. The zero-order valence-electron chi connectivity index (χ0n) is 17.6. The molecule has 0 saturated heterocycles. The average Bonchev–Trinajstić information content (AvgIpc) is 3.32. The van der Waals surface area contributed by atoms with Gasteiger partial charge in [-0.2, -0.15) is 5.26 Å². The lowest BCUT2D eigenvalue weighted by Crippen LogP contribution is -2.50. The fourth-order valence-corrected chi connectivity index (χ4v) is 6.57. The Morgan fingerprint density at radius 3 is 2.91 bits per heavy atom. The molecular formula is C22H20N6O2S2. The molecule has 0 fully saturated rings. The van der Waals surface area contributed by atoms with Crippen LogP contribution in [0.4, 0.5) is 10.8 Å². The molecule has 0 unspecified atom stereocenters. The molecule has 3 N–H and O–H groups in total. The van der Waals surface area contributed by atoms with E-state index in [4.69, 9.17) is 5.73 Å². The maximum absolute atomic E-state index is 13.6. The van der Waals surface area contributed by atoms with Crippen molar-refractivity contribution in [1.29, 1.82) is 5.26 Å². The first-order chi connectivity index (χ1) is 15.4. The minimum Gasteiger partial charge on any atom is -0.384 e. The van der Waals surface area contributed by atoms with Gasteiger partial charge in [0.25, 0.3) is 0 Å². The van der Waals surface area contributed by atoms with E-state index >= 15 is 0 Å². The third-order valence-electron chi connectivity index (χ3n) is 6.04. The Kier molecular flexibility index (Phi) is 4.83. The summed E-state index contributed by atoms with van der Waals surface area (Å²) in [5.41, 5.74) is 8.19. The van der Waals surface area contributed by atoms with Crippen molar-refractivity contribution in [2.75, 3.05) is 16.0 Å². The number of thioether (sulfide) groups is 1. The number of ketones is 1. The van der Waals surface area contributed by atoms with Gasteiger partial charge in [-0.3, -0.25) is 14.5 Å². The van der Waals surface area contributed by atoms with Crippen LogP contribution < -0.4 is 16.0 Å². The molecule has 10 heteroatoms. The fraction of sp³-hybridized carbons (Fsp3) is 0.318. The van der Waals surface area contributed by atoms with Gasteiger partial charge in [0, 0.05) is 28.9 Å². The molecule has 0 radical (unpaired) electrons. The number of amides is 1. The quantitative estimate of drug-likeness (QED) is 0.663. The molecule has 2 aliphatic heterocycles. The Bertz CT molecular complexity index is 1290. The number of anilines is 2. The summed E-state index contributed by atoms with van der Waals surface area (Å²) in [4.78, 5) is 28.7. The molecule has 0 saturated carbocycles. The number of allylic oxidation sites excluding steroid dienone is 1. The van der Waals surface area contributed by atoms with Crippen LogP contribution >= 0.6 is 23.1 Å². The van der Waals surface area contributed by atoms with Gasteiger partial charge in [-0.15, -0.1) is 10.2 Å². The maximum Gasteiger partial charge on any atom is 0.245 e. The highest BCUT2D eigenvalue weighted by atomic mass is 32.2. The molecule has 1 aromatic heterocycles. The molecule has 2 aromatic rings. The van der Waals surface area contributed by atoms with Crippen LogP contribution in [0, 0.1) is 18.3 Å². The first-order valence-corrected chi connectivity index (χ1v) is 12.1. The molecule has 1 aliphatic carbocycles. The predicted octanol–water partition coefficient (Wildman–Crippen LogP) is 3.37. The minimum absolute atomic E-state index is 0.0493. The number of rotatable bonds is 3. The third kappa shape index (κ3) is 2.68. The number of fused-ring (bicyclic) bond motifs is 3. The number of aromatic nitrogens is 2. The van der Waals surface area contributed by atoms with E-state index in [0.717, 1.165) is 15.7 Å². The van der Waals surface area contributed by atoms with E-state index in [1.165, 1.54) is 11.3 Å². The molecule has 1 atom stereocenters. The van der Waals surface area contributed by atoms with Crippen molar-refractivity contribution in [3.05, 3.63) is 52.0 Å². The van der Waals surface area contributed by atoms with Crippen molar-refractivity contribution in [3.63, 3.8) is 0 Å². The van der Waals surface area contributed by atoms with E-state index in [-0.39, 0.29) is 17.2 Å². The molecule has 162 valence electrons. The average molecular weight is 465 g/mol. The standard InChI is InChI=1S/C22H20N6O2S2/c1-3-31-21-27-26-20(32-21)28-15-5-4-6-16(29)17(15)22(13(10-23)18(28)24)12-9-11(2)7-8-14(12)25-19(22)30/h7-9H,3-6,24H2,1-2H3,(H,25,30)/t22-/m1/s1. The number of nitrogens with one attached hydrogen (secondary N) is 1. The second-order valence-electron chi connectivity index (χ2n) is 7.84. The van der Waals surface area contributed by atoms with E-state index in [0.29, 0.717) is 46.9 Å². The zero-order valence-corrected chi connectivity index (χ0v) is 19.2. The zero-order chi connectivity index (χ0) is 22.6. The Morgan fingerprint density at radius 1 is 1.34 bits per heavy atom. The van der Waals surface area contributed by atoms with Crippen molar-refractivity contribution in [1.82, 2.24) is 10.2 Å². The number of carbonyl (C=O) groups excluding carboxylic acids is 2. The second kappa shape index (κ2) is 7.46. The lowest BCUT2D eigenvalue weighted by molar-refractivity contribution is -0.122. The molecule has 3 heterocycles. The van der Waals surface area contributed by atoms with Gasteiger partial charge in [0.2, 0.25) is 11.0 Å². The van der Waals surface area contributed by atoms with Crippen molar-refractivity contribution in [2.24, 2.45) is 5.73 Å². The SMILES string of the molecule is CCSc1nnc(N2C(N)=C(C#N)[C@@]3(C(=O)Nc4ccc(C)cc43)C3=C2CCCC3=O)s1. The molecule has 1 spiro atoms. The highest BCUT2D eigenvalue weighted by molar-refractivity contribution is 8.01. The van der Waals surface area contributed by atoms with Crippen LogP contribution in [-0.2, 0) is 15.0 Å². The van der Waals surface area contributed by atoms with Crippen molar-refractivity contribution in [3.8, 4) is 6.07 Å². The molecule has 3 aliphatic rings. The summed E-state index contributed by atoms with van der Waals surface area (Å²) in [6, 6.07) is 7.74. The number of nitrogens with zero attached hydrogens (tertiary/aromatic N) is 4.